The molecule has 1 aromatic carbocycles. The monoisotopic (exact) mass is 446 g/mol. The molecule has 182 valence electrons. The number of aldehydes is 1. The van der Waals surface area contributed by atoms with E-state index in [0.29, 0.717) is 6.61 Å². The minimum absolute atomic E-state index is 0.143. The molecule has 4 heteroatoms. The minimum Gasteiger partial charge on any atom is -0.469 e. The van der Waals surface area contributed by atoms with Gasteiger partial charge in [-0.15, -0.1) is 0 Å². The zero-order valence-corrected chi connectivity index (χ0v) is 20.6. The largest absolute Gasteiger partial charge is 0.469 e. The van der Waals surface area contributed by atoms with E-state index in [0.717, 1.165) is 31.1 Å². The van der Waals surface area contributed by atoms with Crippen molar-refractivity contribution in [3.05, 3.63) is 35.9 Å². The third kappa shape index (κ3) is 13.7. The van der Waals surface area contributed by atoms with Crippen molar-refractivity contribution < 1.29 is 19.1 Å². The maximum Gasteiger partial charge on any atom is 0.311 e. The Morgan fingerprint density at radius 1 is 0.844 bits per heavy atom. The topological polar surface area (TPSA) is 52.6 Å². The molecular weight excluding hydrogens is 400 g/mol. The van der Waals surface area contributed by atoms with E-state index in [9.17, 15) is 9.59 Å². The van der Waals surface area contributed by atoms with Crippen molar-refractivity contribution in [2.75, 3.05) is 7.11 Å². The Kier molecular flexibility index (Phi) is 17.7. The summed E-state index contributed by atoms with van der Waals surface area (Å²) in [4.78, 5) is 23.4. The number of hydrogen-bond acceptors (Lipinski definition) is 4. The predicted octanol–water partition coefficient (Wildman–Crippen LogP) is 7.43. The Hall–Kier alpha value is -1.68. The summed E-state index contributed by atoms with van der Waals surface area (Å²) in [5, 5.41) is 0. The number of esters is 1. The molecule has 0 aliphatic rings. The van der Waals surface area contributed by atoms with Crippen LogP contribution in [0.4, 0.5) is 0 Å². The molecule has 0 heterocycles. The molecule has 0 saturated carbocycles. The SMILES string of the molecule is CCCCCCCCCCCCCCC[C@@H](OCc1ccccc1)C(CC=O)C(=O)OC. The first-order valence-corrected chi connectivity index (χ1v) is 12.9. The summed E-state index contributed by atoms with van der Waals surface area (Å²) >= 11 is 0. The number of carbonyl (C=O) groups excluding carboxylic acids is 2. The Bertz CT molecular complexity index is 572. The molecule has 0 aromatic heterocycles. The van der Waals surface area contributed by atoms with Gasteiger partial charge in [0.25, 0.3) is 0 Å². The average Bonchev–Trinajstić information content (AvgIpc) is 2.82. The molecule has 0 fully saturated rings. The van der Waals surface area contributed by atoms with E-state index >= 15 is 0 Å². The molecule has 1 rings (SSSR count). The van der Waals surface area contributed by atoms with Crippen molar-refractivity contribution in [3.8, 4) is 0 Å². The molecule has 0 aliphatic heterocycles. The van der Waals surface area contributed by atoms with Crippen LogP contribution in [0.5, 0.6) is 0 Å². The van der Waals surface area contributed by atoms with Gasteiger partial charge in [0.2, 0.25) is 0 Å². The van der Waals surface area contributed by atoms with Crippen LogP contribution >= 0.6 is 0 Å². The van der Waals surface area contributed by atoms with E-state index < -0.39 is 5.92 Å². The van der Waals surface area contributed by atoms with Crippen molar-refractivity contribution in [2.24, 2.45) is 5.92 Å². The third-order valence-corrected chi connectivity index (χ3v) is 6.20. The fourth-order valence-electron chi connectivity index (χ4n) is 4.20. The van der Waals surface area contributed by atoms with Crippen molar-refractivity contribution >= 4 is 12.3 Å². The molecular formula is C28H46O4. The second-order valence-electron chi connectivity index (χ2n) is 8.90. The van der Waals surface area contributed by atoms with Crippen LogP contribution in [0, 0.1) is 5.92 Å². The van der Waals surface area contributed by atoms with Gasteiger partial charge in [-0.25, -0.2) is 0 Å². The number of benzene rings is 1. The summed E-state index contributed by atoms with van der Waals surface area (Å²) < 4.78 is 11.1. The zero-order valence-electron chi connectivity index (χ0n) is 20.6. The number of unbranched alkanes of at least 4 members (excludes halogenated alkanes) is 12. The normalized spacial score (nSPS) is 12.9. The average molecular weight is 447 g/mol. The first kappa shape index (κ1) is 28.4. The van der Waals surface area contributed by atoms with Gasteiger partial charge >= 0.3 is 5.97 Å². The molecule has 0 bridgehead atoms. The molecule has 4 nitrogen and oxygen atoms in total. The number of hydrogen-bond donors (Lipinski definition) is 0. The highest BCUT2D eigenvalue weighted by atomic mass is 16.5. The Balaban J connectivity index is 2.27. The molecule has 2 atom stereocenters. The fourth-order valence-corrected chi connectivity index (χ4v) is 4.20. The molecule has 0 saturated heterocycles. The molecule has 0 aliphatic carbocycles. The quantitative estimate of drug-likeness (QED) is 0.112. The summed E-state index contributed by atoms with van der Waals surface area (Å²) in [5.41, 5.74) is 1.07. The summed E-state index contributed by atoms with van der Waals surface area (Å²) in [5.74, 6) is -0.886. The lowest BCUT2D eigenvalue weighted by Crippen LogP contribution is -2.32. The lowest BCUT2D eigenvalue weighted by Gasteiger charge is -2.24. The summed E-state index contributed by atoms with van der Waals surface area (Å²) in [6, 6.07) is 9.94. The lowest BCUT2D eigenvalue weighted by molar-refractivity contribution is -0.153. The van der Waals surface area contributed by atoms with Crippen molar-refractivity contribution in [1.82, 2.24) is 0 Å². The van der Waals surface area contributed by atoms with Gasteiger partial charge < -0.3 is 14.3 Å². The predicted molar refractivity (Wildman–Crippen MR) is 132 cm³/mol. The van der Waals surface area contributed by atoms with Crippen LogP contribution < -0.4 is 0 Å². The maximum atomic E-state index is 12.2. The summed E-state index contributed by atoms with van der Waals surface area (Å²) in [6.45, 7) is 2.71. The summed E-state index contributed by atoms with van der Waals surface area (Å²) in [7, 11) is 1.37. The highest BCUT2D eigenvalue weighted by Crippen LogP contribution is 2.22. The molecule has 1 aromatic rings. The number of rotatable bonds is 21. The second kappa shape index (κ2) is 20.0. The van der Waals surface area contributed by atoms with E-state index in [2.05, 4.69) is 6.92 Å². The van der Waals surface area contributed by atoms with Gasteiger partial charge in [-0.2, -0.15) is 0 Å². The first-order chi connectivity index (χ1) is 15.7. The van der Waals surface area contributed by atoms with Gasteiger partial charge in [-0.1, -0.05) is 121 Å². The standard InChI is InChI=1S/C28H46O4/c1-3-4-5-6-7-8-9-10-11-12-13-14-18-21-27(26(22-23-29)28(30)31-2)32-24-25-19-16-15-17-20-25/h15-17,19-20,23,26-27H,3-14,18,21-22,24H2,1-2H3/t26?,27-/m1/s1. The van der Waals surface area contributed by atoms with E-state index in [4.69, 9.17) is 9.47 Å². The van der Waals surface area contributed by atoms with Crippen LogP contribution in [0.15, 0.2) is 30.3 Å². The van der Waals surface area contributed by atoms with Crippen LogP contribution in [-0.2, 0) is 25.7 Å². The van der Waals surface area contributed by atoms with Gasteiger partial charge in [-0.3, -0.25) is 4.79 Å². The van der Waals surface area contributed by atoms with Crippen LogP contribution in [-0.4, -0.2) is 25.5 Å². The van der Waals surface area contributed by atoms with Gasteiger partial charge in [0.05, 0.1) is 25.7 Å². The second-order valence-corrected chi connectivity index (χ2v) is 8.90. The smallest absolute Gasteiger partial charge is 0.311 e. The first-order valence-electron chi connectivity index (χ1n) is 12.9. The van der Waals surface area contributed by atoms with Crippen LogP contribution in [0.2, 0.25) is 0 Å². The number of carbonyl (C=O) groups is 2. The highest BCUT2D eigenvalue weighted by Gasteiger charge is 2.29. The van der Waals surface area contributed by atoms with Gasteiger partial charge in [0.1, 0.15) is 6.29 Å². The molecule has 0 N–H and O–H groups in total. The van der Waals surface area contributed by atoms with Crippen LogP contribution in [0.25, 0.3) is 0 Å². The maximum absolute atomic E-state index is 12.2. The fraction of sp³-hybridized carbons (Fsp3) is 0.714. The molecule has 32 heavy (non-hydrogen) atoms. The van der Waals surface area contributed by atoms with E-state index in [1.165, 1.54) is 77.7 Å². The Morgan fingerprint density at radius 3 is 1.88 bits per heavy atom. The number of ether oxygens (including phenoxy) is 2. The van der Waals surface area contributed by atoms with E-state index in [1.807, 2.05) is 30.3 Å². The minimum atomic E-state index is -0.529. The number of methoxy groups -OCH3 is 1. The Morgan fingerprint density at radius 2 is 1.38 bits per heavy atom. The zero-order chi connectivity index (χ0) is 23.3. The van der Waals surface area contributed by atoms with Gasteiger partial charge in [-0.05, 0) is 12.0 Å². The molecule has 0 radical (unpaired) electrons. The molecule has 0 spiro atoms. The van der Waals surface area contributed by atoms with E-state index in [-0.39, 0.29) is 18.5 Å². The molecule has 0 amide bonds. The summed E-state index contributed by atoms with van der Waals surface area (Å²) in [6.07, 6.45) is 18.4. The third-order valence-electron chi connectivity index (χ3n) is 6.20. The van der Waals surface area contributed by atoms with Gasteiger partial charge in [0.15, 0.2) is 0 Å². The lowest BCUT2D eigenvalue weighted by atomic mass is 9.94. The van der Waals surface area contributed by atoms with Crippen LogP contribution in [0.1, 0.15) is 109 Å². The molecule has 1 unspecified atom stereocenters. The van der Waals surface area contributed by atoms with E-state index in [1.54, 1.807) is 0 Å². The van der Waals surface area contributed by atoms with Crippen molar-refractivity contribution in [2.45, 2.75) is 116 Å². The Labute approximate surface area is 196 Å². The van der Waals surface area contributed by atoms with Gasteiger partial charge in [0, 0.05) is 6.42 Å². The highest BCUT2D eigenvalue weighted by molar-refractivity contribution is 5.76. The van der Waals surface area contributed by atoms with Crippen LogP contribution in [0.3, 0.4) is 0 Å². The van der Waals surface area contributed by atoms with Crippen molar-refractivity contribution in [1.29, 1.82) is 0 Å². The van der Waals surface area contributed by atoms with Crippen molar-refractivity contribution in [3.63, 3.8) is 0 Å².